The summed E-state index contributed by atoms with van der Waals surface area (Å²) in [5, 5.41) is 9.75. The summed E-state index contributed by atoms with van der Waals surface area (Å²) in [4.78, 5) is 36.5. The molecule has 1 rings (SSSR count). The van der Waals surface area contributed by atoms with E-state index in [0.717, 1.165) is 12.8 Å². The number of carbonyl (C=O) groups is 3. The molecular formula is C18H31NO8. The number of hydrogen-bond acceptors (Lipinski definition) is 8. The molecule has 0 bridgehead atoms. The molecule has 156 valence electrons. The number of ether oxygens (including phenoxy) is 4. The number of esters is 2. The molecule has 0 aliphatic carbocycles. The van der Waals surface area contributed by atoms with Crippen LogP contribution in [0.2, 0.25) is 0 Å². The lowest BCUT2D eigenvalue weighted by Gasteiger charge is -2.33. The van der Waals surface area contributed by atoms with Gasteiger partial charge in [-0.2, -0.15) is 0 Å². The van der Waals surface area contributed by atoms with Gasteiger partial charge in [0.25, 0.3) is 5.60 Å². The molecule has 0 spiro atoms. The number of carbonyl (C=O) groups excluding carboxylic acids is 2. The van der Waals surface area contributed by atoms with Crippen LogP contribution in [-0.4, -0.2) is 59.8 Å². The third kappa shape index (κ3) is 7.08. The second-order valence-corrected chi connectivity index (χ2v) is 7.45. The Hall–Kier alpha value is -1.71. The molecular weight excluding hydrogens is 358 g/mol. The molecule has 1 heterocycles. The highest BCUT2D eigenvalue weighted by molar-refractivity contribution is 6.02. The molecule has 9 heteroatoms. The van der Waals surface area contributed by atoms with Gasteiger partial charge in [-0.1, -0.05) is 0 Å². The van der Waals surface area contributed by atoms with E-state index in [-0.39, 0.29) is 19.4 Å². The number of aliphatic carboxylic acids is 1. The highest BCUT2D eigenvalue weighted by atomic mass is 16.7. The maximum Gasteiger partial charge on any atom is 0.350 e. The molecule has 0 radical (unpaired) electrons. The lowest BCUT2D eigenvalue weighted by atomic mass is 9.94. The van der Waals surface area contributed by atoms with Gasteiger partial charge in [-0.3, -0.25) is 4.79 Å². The number of carboxylic acids is 1. The van der Waals surface area contributed by atoms with Crippen LogP contribution in [0.15, 0.2) is 0 Å². The van der Waals surface area contributed by atoms with Gasteiger partial charge in [-0.15, -0.1) is 0 Å². The summed E-state index contributed by atoms with van der Waals surface area (Å²) >= 11 is 0. The first kappa shape index (κ1) is 23.3. The van der Waals surface area contributed by atoms with Gasteiger partial charge >= 0.3 is 17.9 Å². The SMILES string of the molecule is CCOC(=O)C(CCC(N)C(=O)OC(C)(C)C)(OC1CCCCO1)C(=O)O. The Labute approximate surface area is 159 Å². The molecule has 3 atom stereocenters. The Kier molecular flexibility index (Phi) is 8.64. The Balaban J connectivity index is 2.93. The smallest absolute Gasteiger partial charge is 0.350 e. The minimum absolute atomic E-state index is 0.0130. The van der Waals surface area contributed by atoms with Crippen molar-refractivity contribution in [2.24, 2.45) is 5.73 Å². The average molecular weight is 389 g/mol. The van der Waals surface area contributed by atoms with Gasteiger partial charge in [0.15, 0.2) is 6.29 Å². The zero-order valence-electron chi connectivity index (χ0n) is 16.5. The fourth-order valence-electron chi connectivity index (χ4n) is 2.58. The Morgan fingerprint density at radius 3 is 2.41 bits per heavy atom. The maximum absolute atomic E-state index is 12.5. The number of hydrogen-bond donors (Lipinski definition) is 2. The van der Waals surface area contributed by atoms with Gasteiger partial charge in [-0.05, 0) is 53.4 Å². The van der Waals surface area contributed by atoms with Crippen molar-refractivity contribution in [2.45, 2.75) is 83.3 Å². The van der Waals surface area contributed by atoms with E-state index in [1.807, 2.05) is 0 Å². The molecule has 3 N–H and O–H groups in total. The number of rotatable bonds is 9. The number of nitrogens with two attached hydrogens (primary N) is 1. The summed E-state index contributed by atoms with van der Waals surface area (Å²) in [6.45, 7) is 7.06. The largest absolute Gasteiger partial charge is 0.479 e. The predicted molar refractivity (Wildman–Crippen MR) is 94.7 cm³/mol. The molecule has 1 aliphatic heterocycles. The molecule has 0 aromatic rings. The molecule has 0 aromatic carbocycles. The van der Waals surface area contributed by atoms with Crippen molar-refractivity contribution in [3.63, 3.8) is 0 Å². The molecule has 0 aromatic heterocycles. The first-order valence-electron chi connectivity index (χ1n) is 9.20. The van der Waals surface area contributed by atoms with Gasteiger partial charge < -0.3 is 29.8 Å². The minimum Gasteiger partial charge on any atom is -0.479 e. The third-order valence-electron chi connectivity index (χ3n) is 3.94. The van der Waals surface area contributed by atoms with E-state index in [0.29, 0.717) is 13.0 Å². The van der Waals surface area contributed by atoms with E-state index in [2.05, 4.69) is 0 Å². The topological polar surface area (TPSA) is 134 Å². The molecule has 3 unspecified atom stereocenters. The van der Waals surface area contributed by atoms with Crippen LogP contribution in [0.1, 0.15) is 59.8 Å². The molecule has 1 fully saturated rings. The Bertz CT molecular complexity index is 524. The number of carboxylic acid groups (broad SMARTS) is 1. The third-order valence-corrected chi connectivity index (χ3v) is 3.94. The van der Waals surface area contributed by atoms with E-state index in [1.165, 1.54) is 0 Å². The van der Waals surface area contributed by atoms with Crippen LogP contribution in [-0.2, 0) is 33.3 Å². The van der Waals surface area contributed by atoms with Gasteiger partial charge in [-0.25, -0.2) is 9.59 Å². The highest BCUT2D eigenvalue weighted by Crippen LogP contribution is 2.28. The Morgan fingerprint density at radius 1 is 1.26 bits per heavy atom. The summed E-state index contributed by atoms with van der Waals surface area (Å²) in [6, 6.07) is -1.10. The van der Waals surface area contributed by atoms with Gasteiger partial charge in [0.05, 0.1) is 6.61 Å². The fourth-order valence-corrected chi connectivity index (χ4v) is 2.58. The van der Waals surface area contributed by atoms with E-state index >= 15 is 0 Å². The van der Waals surface area contributed by atoms with Crippen LogP contribution in [0.4, 0.5) is 0 Å². The standard InChI is InChI=1S/C18H31NO8/c1-5-24-16(23)18(15(21)22,26-13-8-6-7-11-25-13)10-9-12(19)14(20)27-17(2,3)4/h12-13H,5-11,19H2,1-4H3,(H,21,22). The van der Waals surface area contributed by atoms with Crippen molar-refractivity contribution < 1.29 is 38.4 Å². The van der Waals surface area contributed by atoms with Crippen molar-refractivity contribution >= 4 is 17.9 Å². The second-order valence-electron chi connectivity index (χ2n) is 7.45. The Morgan fingerprint density at radius 2 is 1.93 bits per heavy atom. The molecule has 0 amide bonds. The first-order chi connectivity index (χ1) is 12.5. The lowest BCUT2D eigenvalue weighted by molar-refractivity contribution is -0.240. The van der Waals surface area contributed by atoms with Crippen LogP contribution >= 0.6 is 0 Å². The van der Waals surface area contributed by atoms with Gasteiger partial charge in [0.1, 0.15) is 11.6 Å². The van der Waals surface area contributed by atoms with E-state index < -0.39 is 41.4 Å². The maximum atomic E-state index is 12.5. The van der Waals surface area contributed by atoms with Crippen molar-refractivity contribution in [1.29, 1.82) is 0 Å². The van der Waals surface area contributed by atoms with E-state index in [1.54, 1.807) is 27.7 Å². The minimum atomic E-state index is -2.29. The average Bonchev–Trinajstić information content (AvgIpc) is 2.57. The summed E-state index contributed by atoms with van der Waals surface area (Å²) in [7, 11) is 0. The zero-order valence-corrected chi connectivity index (χ0v) is 16.5. The zero-order chi connectivity index (χ0) is 20.7. The molecule has 0 saturated carbocycles. The van der Waals surface area contributed by atoms with Crippen LogP contribution < -0.4 is 5.73 Å². The van der Waals surface area contributed by atoms with Crippen LogP contribution in [0.25, 0.3) is 0 Å². The summed E-state index contributed by atoms with van der Waals surface area (Å²) in [5.41, 5.74) is 2.81. The van der Waals surface area contributed by atoms with Crippen molar-refractivity contribution in [3.05, 3.63) is 0 Å². The lowest BCUT2D eigenvalue weighted by Crippen LogP contribution is -2.54. The monoisotopic (exact) mass is 389 g/mol. The fraction of sp³-hybridized carbons (Fsp3) is 0.833. The highest BCUT2D eigenvalue weighted by Gasteiger charge is 2.51. The molecule has 1 saturated heterocycles. The van der Waals surface area contributed by atoms with E-state index in [9.17, 15) is 19.5 Å². The van der Waals surface area contributed by atoms with Gasteiger partial charge in [0.2, 0.25) is 0 Å². The first-order valence-corrected chi connectivity index (χ1v) is 9.20. The van der Waals surface area contributed by atoms with Crippen LogP contribution in [0, 0.1) is 0 Å². The van der Waals surface area contributed by atoms with Gasteiger partial charge in [0, 0.05) is 13.0 Å². The summed E-state index contributed by atoms with van der Waals surface area (Å²) in [5.74, 6) is -3.23. The van der Waals surface area contributed by atoms with Crippen molar-refractivity contribution in [1.82, 2.24) is 0 Å². The van der Waals surface area contributed by atoms with E-state index in [4.69, 9.17) is 24.7 Å². The summed E-state index contributed by atoms with van der Waals surface area (Å²) < 4.78 is 21.1. The quantitative estimate of drug-likeness (QED) is 0.443. The van der Waals surface area contributed by atoms with Crippen molar-refractivity contribution in [2.75, 3.05) is 13.2 Å². The predicted octanol–water partition coefficient (Wildman–Crippen LogP) is 1.37. The second kappa shape index (κ2) is 10.0. The van der Waals surface area contributed by atoms with Crippen molar-refractivity contribution in [3.8, 4) is 0 Å². The summed E-state index contributed by atoms with van der Waals surface area (Å²) in [6.07, 6.45) is 0.779. The normalized spacial score (nSPS) is 21.0. The van der Waals surface area contributed by atoms with Crippen LogP contribution in [0.3, 0.4) is 0 Å². The van der Waals surface area contributed by atoms with Crippen LogP contribution in [0.5, 0.6) is 0 Å². The molecule has 1 aliphatic rings. The molecule has 27 heavy (non-hydrogen) atoms. The molecule has 9 nitrogen and oxygen atoms in total.